The third kappa shape index (κ3) is 3.24. The molecule has 19 heavy (non-hydrogen) atoms. The highest BCUT2D eigenvalue weighted by molar-refractivity contribution is 5.60. The fourth-order valence-corrected chi connectivity index (χ4v) is 2.00. The molecule has 0 aliphatic carbocycles. The summed E-state index contributed by atoms with van der Waals surface area (Å²) in [6.07, 6.45) is 2.69. The fraction of sp³-hybridized carbons (Fsp3) is 0.769. The molecule has 0 fully saturated rings. The van der Waals surface area contributed by atoms with E-state index in [-0.39, 0.29) is 16.1 Å². The first-order chi connectivity index (χ1) is 8.88. The van der Waals surface area contributed by atoms with Gasteiger partial charge in [-0.2, -0.15) is 5.10 Å². The van der Waals surface area contributed by atoms with Gasteiger partial charge in [0.15, 0.2) is 0 Å². The summed E-state index contributed by atoms with van der Waals surface area (Å²) in [5.74, 6) is 0.538. The Morgan fingerprint density at radius 1 is 1.37 bits per heavy atom. The summed E-state index contributed by atoms with van der Waals surface area (Å²) in [7, 11) is 0. The van der Waals surface area contributed by atoms with Crippen LogP contribution < -0.4 is 5.32 Å². The summed E-state index contributed by atoms with van der Waals surface area (Å²) in [6, 6.07) is 0. The monoisotopic (exact) mass is 268 g/mol. The Balaban J connectivity index is 3.25. The molecule has 108 valence electrons. The summed E-state index contributed by atoms with van der Waals surface area (Å²) < 4.78 is 1.72. The van der Waals surface area contributed by atoms with Gasteiger partial charge >= 0.3 is 5.69 Å². The SMILES string of the molecule is CCCn1nc(C)c([N+](=O)[O-])c1NC(C)(CC)CC. The van der Waals surface area contributed by atoms with E-state index in [4.69, 9.17) is 0 Å². The van der Waals surface area contributed by atoms with Crippen molar-refractivity contribution >= 4 is 11.5 Å². The number of hydrogen-bond acceptors (Lipinski definition) is 4. The van der Waals surface area contributed by atoms with E-state index in [0.717, 1.165) is 19.3 Å². The molecule has 1 N–H and O–H groups in total. The van der Waals surface area contributed by atoms with Gasteiger partial charge in [-0.15, -0.1) is 0 Å². The molecule has 0 bridgehead atoms. The van der Waals surface area contributed by atoms with E-state index in [1.807, 2.05) is 6.92 Å². The van der Waals surface area contributed by atoms with Crippen LogP contribution in [0, 0.1) is 17.0 Å². The van der Waals surface area contributed by atoms with Crippen LogP contribution in [0.3, 0.4) is 0 Å². The predicted octanol–water partition coefficient (Wildman–Crippen LogP) is 3.50. The largest absolute Gasteiger partial charge is 0.359 e. The zero-order chi connectivity index (χ0) is 14.6. The Bertz CT molecular complexity index is 450. The fourth-order valence-electron chi connectivity index (χ4n) is 2.00. The molecule has 0 radical (unpaired) electrons. The standard InChI is InChI=1S/C13H24N4O2/c1-6-9-16-12(14-13(5,7-2)8-3)11(17(18)19)10(4)15-16/h14H,6-9H2,1-5H3. The lowest BCUT2D eigenvalue weighted by molar-refractivity contribution is -0.384. The third-order valence-corrected chi connectivity index (χ3v) is 3.69. The third-order valence-electron chi connectivity index (χ3n) is 3.69. The van der Waals surface area contributed by atoms with Gasteiger partial charge in [-0.1, -0.05) is 20.8 Å². The minimum absolute atomic E-state index is 0.0987. The van der Waals surface area contributed by atoms with Gasteiger partial charge in [0.1, 0.15) is 5.69 Å². The molecule has 6 nitrogen and oxygen atoms in total. The van der Waals surface area contributed by atoms with Crippen molar-refractivity contribution in [2.24, 2.45) is 0 Å². The molecule has 0 saturated heterocycles. The van der Waals surface area contributed by atoms with Crippen LogP contribution in [0.25, 0.3) is 0 Å². The van der Waals surface area contributed by atoms with Crippen LogP contribution in [0.1, 0.15) is 52.7 Å². The van der Waals surface area contributed by atoms with Crippen molar-refractivity contribution < 1.29 is 4.92 Å². The molecule has 0 amide bonds. The predicted molar refractivity (Wildman–Crippen MR) is 76.5 cm³/mol. The topological polar surface area (TPSA) is 73.0 Å². The lowest BCUT2D eigenvalue weighted by Crippen LogP contribution is -2.34. The van der Waals surface area contributed by atoms with Gasteiger partial charge in [0.25, 0.3) is 0 Å². The van der Waals surface area contributed by atoms with Crippen LogP contribution >= 0.6 is 0 Å². The Kier molecular flexibility index (Phi) is 4.91. The van der Waals surface area contributed by atoms with Crippen LogP contribution in [0.2, 0.25) is 0 Å². The van der Waals surface area contributed by atoms with Crippen molar-refractivity contribution in [2.75, 3.05) is 5.32 Å². The number of aryl methyl sites for hydroxylation is 2. The van der Waals surface area contributed by atoms with E-state index < -0.39 is 0 Å². The van der Waals surface area contributed by atoms with Crippen LogP contribution in [0.4, 0.5) is 11.5 Å². The summed E-state index contributed by atoms with van der Waals surface area (Å²) in [6.45, 7) is 10.6. The molecule has 0 aromatic carbocycles. The molecule has 1 aromatic heterocycles. The lowest BCUT2D eigenvalue weighted by atomic mass is 9.95. The van der Waals surface area contributed by atoms with Gasteiger partial charge in [-0.05, 0) is 33.1 Å². The summed E-state index contributed by atoms with van der Waals surface area (Å²) in [4.78, 5) is 10.9. The van der Waals surface area contributed by atoms with Crippen molar-refractivity contribution in [3.63, 3.8) is 0 Å². The molecular formula is C13H24N4O2. The summed E-state index contributed by atoms with van der Waals surface area (Å²) in [5, 5.41) is 18.9. The van der Waals surface area contributed by atoms with E-state index in [9.17, 15) is 10.1 Å². The Morgan fingerprint density at radius 2 is 1.95 bits per heavy atom. The van der Waals surface area contributed by atoms with Crippen molar-refractivity contribution in [3.05, 3.63) is 15.8 Å². The summed E-state index contributed by atoms with van der Waals surface area (Å²) in [5.41, 5.74) is 0.417. The summed E-state index contributed by atoms with van der Waals surface area (Å²) >= 11 is 0. The first kappa shape index (κ1) is 15.5. The van der Waals surface area contributed by atoms with Gasteiger partial charge in [-0.3, -0.25) is 10.1 Å². The number of anilines is 1. The maximum atomic E-state index is 11.2. The smallest absolute Gasteiger partial charge is 0.333 e. The zero-order valence-corrected chi connectivity index (χ0v) is 12.5. The van der Waals surface area contributed by atoms with Gasteiger partial charge < -0.3 is 5.32 Å². The molecular weight excluding hydrogens is 244 g/mol. The lowest BCUT2D eigenvalue weighted by Gasteiger charge is -2.29. The molecule has 1 rings (SSSR count). The first-order valence-electron chi connectivity index (χ1n) is 6.88. The molecule has 6 heteroatoms. The Hall–Kier alpha value is -1.59. The van der Waals surface area contributed by atoms with Crippen molar-refractivity contribution in [2.45, 2.75) is 66.0 Å². The van der Waals surface area contributed by atoms with Gasteiger partial charge in [0, 0.05) is 12.1 Å². The highest BCUT2D eigenvalue weighted by Gasteiger charge is 2.30. The quantitative estimate of drug-likeness (QED) is 0.606. The van der Waals surface area contributed by atoms with Gasteiger partial charge in [0.05, 0.1) is 4.92 Å². The van der Waals surface area contributed by atoms with E-state index in [0.29, 0.717) is 18.1 Å². The van der Waals surface area contributed by atoms with Crippen molar-refractivity contribution in [1.29, 1.82) is 0 Å². The first-order valence-corrected chi connectivity index (χ1v) is 6.88. The second-order valence-corrected chi connectivity index (χ2v) is 5.16. The van der Waals surface area contributed by atoms with Crippen LogP contribution in [0.5, 0.6) is 0 Å². The Labute approximate surface area is 114 Å². The minimum atomic E-state index is -0.345. The normalized spacial score (nSPS) is 11.6. The average molecular weight is 268 g/mol. The van der Waals surface area contributed by atoms with Crippen molar-refractivity contribution in [3.8, 4) is 0 Å². The number of nitrogens with zero attached hydrogens (tertiary/aromatic N) is 3. The number of aromatic nitrogens is 2. The van der Waals surface area contributed by atoms with Crippen molar-refractivity contribution in [1.82, 2.24) is 9.78 Å². The van der Waals surface area contributed by atoms with Crippen LogP contribution in [-0.2, 0) is 6.54 Å². The van der Waals surface area contributed by atoms with E-state index in [1.54, 1.807) is 11.6 Å². The maximum absolute atomic E-state index is 11.2. The molecule has 0 aliphatic heterocycles. The number of hydrogen-bond donors (Lipinski definition) is 1. The number of rotatable bonds is 7. The Morgan fingerprint density at radius 3 is 2.37 bits per heavy atom. The van der Waals surface area contributed by atoms with Gasteiger partial charge in [0.2, 0.25) is 5.82 Å². The van der Waals surface area contributed by atoms with E-state index >= 15 is 0 Å². The molecule has 0 spiro atoms. The molecule has 0 aliphatic rings. The number of nitrogens with one attached hydrogen (secondary N) is 1. The molecule has 1 aromatic rings. The number of nitro groups is 1. The molecule has 0 atom stereocenters. The maximum Gasteiger partial charge on any atom is 0.333 e. The second-order valence-electron chi connectivity index (χ2n) is 5.16. The van der Waals surface area contributed by atoms with Gasteiger partial charge in [-0.25, -0.2) is 4.68 Å². The second kappa shape index (κ2) is 6.04. The van der Waals surface area contributed by atoms with Crippen LogP contribution in [0.15, 0.2) is 0 Å². The van der Waals surface area contributed by atoms with E-state index in [1.165, 1.54) is 0 Å². The highest BCUT2D eigenvalue weighted by Crippen LogP contribution is 2.32. The minimum Gasteiger partial charge on any atom is -0.359 e. The molecule has 0 saturated carbocycles. The zero-order valence-electron chi connectivity index (χ0n) is 12.5. The molecule has 1 heterocycles. The molecule has 0 unspecified atom stereocenters. The highest BCUT2D eigenvalue weighted by atomic mass is 16.6. The average Bonchev–Trinajstić information content (AvgIpc) is 2.66. The van der Waals surface area contributed by atoms with Crippen LogP contribution in [-0.4, -0.2) is 20.2 Å². The van der Waals surface area contributed by atoms with E-state index in [2.05, 4.69) is 31.2 Å².